The molecule has 2 saturated heterocycles. The molecule has 2 aliphatic heterocycles. The second-order valence-electron chi connectivity index (χ2n) is 7.69. The Kier molecular flexibility index (Phi) is 5.81. The molecular weight excluding hydrogens is 378 g/mol. The summed E-state index contributed by atoms with van der Waals surface area (Å²) in [5.74, 6) is -1.17. The highest BCUT2D eigenvalue weighted by molar-refractivity contribution is 6.09. The number of piperidine rings is 1. The average molecular weight is 403 g/mol. The van der Waals surface area contributed by atoms with E-state index in [1.165, 1.54) is 13.3 Å². The topological polar surface area (TPSA) is 113 Å². The van der Waals surface area contributed by atoms with Gasteiger partial charge < -0.3 is 14.5 Å². The highest BCUT2D eigenvalue weighted by Gasteiger charge is 2.58. The molecule has 4 amide bonds. The van der Waals surface area contributed by atoms with Crippen LogP contribution in [0.3, 0.4) is 0 Å². The van der Waals surface area contributed by atoms with Gasteiger partial charge in [0.15, 0.2) is 5.69 Å². The van der Waals surface area contributed by atoms with Crippen molar-refractivity contribution < 1.29 is 23.9 Å². The molecule has 0 atom stereocenters. The maximum Gasteiger partial charge on any atom is 0.328 e. The smallest absolute Gasteiger partial charge is 0.328 e. The lowest BCUT2D eigenvalue weighted by atomic mass is 9.85. The van der Waals surface area contributed by atoms with Crippen LogP contribution in [0.2, 0.25) is 0 Å². The van der Waals surface area contributed by atoms with E-state index in [4.69, 9.17) is 0 Å². The number of methoxy groups -OCH3 is 1. The molecule has 0 saturated carbocycles. The van der Waals surface area contributed by atoms with E-state index in [0.29, 0.717) is 32.5 Å². The van der Waals surface area contributed by atoms with Crippen molar-refractivity contribution in [2.75, 3.05) is 33.3 Å². The van der Waals surface area contributed by atoms with Gasteiger partial charge in [-0.05, 0) is 30.9 Å². The molecule has 0 aliphatic carbocycles. The predicted molar refractivity (Wildman–Crippen MR) is 101 cm³/mol. The van der Waals surface area contributed by atoms with Crippen LogP contribution < -0.4 is 0 Å². The van der Waals surface area contributed by atoms with Crippen molar-refractivity contribution in [3.8, 4) is 0 Å². The van der Waals surface area contributed by atoms with Gasteiger partial charge >= 0.3 is 12.0 Å². The number of hydrogen-bond donors (Lipinski definition) is 0. The summed E-state index contributed by atoms with van der Waals surface area (Å²) in [5.41, 5.74) is -0.808. The first-order valence-electron chi connectivity index (χ1n) is 9.57. The zero-order valence-corrected chi connectivity index (χ0v) is 16.8. The van der Waals surface area contributed by atoms with Crippen molar-refractivity contribution in [1.29, 1.82) is 0 Å². The normalized spacial score (nSPS) is 18.7. The van der Waals surface area contributed by atoms with Crippen molar-refractivity contribution in [2.45, 2.75) is 32.2 Å². The monoisotopic (exact) mass is 403 g/mol. The van der Waals surface area contributed by atoms with Gasteiger partial charge in [0.2, 0.25) is 0 Å². The van der Waals surface area contributed by atoms with E-state index in [-0.39, 0.29) is 17.5 Å². The first kappa shape index (κ1) is 20.7. The Balaban J connectivity index is 1.81. The van der Waals surface area contributed by atoms with Gasteiger partial charge in [0, 0.05) is 25.8 Å². The van der Waals surface area contributed by atoms with Crippen LogP contribution in [-0.4, -0.2) is 87.5 Å². The van der Waals surface area contributed by atoms with Crippen molar-refractivity contribution in [3.63, 3.8) is 0 Å². The van der Waals surface area contributed by atoms with Gasteiger partial charge in [-0.3, -0.25) is 19.3 Å². The Morgan fingerprint density at radius 1 is 1.24 bits per heavy atom. The van der Waals surface area contributed by atoms with E-state index in [2.05, 4.69) is 14.9 Å². The summed E-state index contributed by atoms with van der Waals surface area (Å²) in [4.78, 5) is 54.6. The largest absolute Gasteiger partial charge is 0.468 e. The van der Waals surface area contributed by atoms with Gasteiger partial charge in [0.1, 0.15) is 12.1 Å². The number of likely N-dealkylation sites (tertiary alicyclic amines) is 1. The first-order chi connectivity index (χ1) is 13.8. The fourth-order valence-electron chi connectivity index (χ4n) is 3.87. The Labute approximate surface area is 168 Å². The molecule has 1 aromatic rings. The average Bonchev–Trinajstić information content (AvgIpc) is 2.90. The third kappa shape index (κ3) is 3.79. The lowest BCUT2D eigenvalue weighted by Crippen LogP contribution is -2.58. The molecule has 0 radical (unpaired) electrons. The molecule has 10 heteroatoms. The van der Waals surface area contributed by atoms with Crippen LogP contribution in [-0.2, 0) is 14.3 Å². The molecule has 3 rings (SSSR count). The maximum atomic E-state index is 13.2. The van der Waals surface area contributed by atoms with E-state index in [1.54, 1.807) is 21.9 Å². The van der Waals surface area contributed by atoms with E-state index in [9.17, 15) is 19.2 Å². The first-order valence-corrected chi connectivity index (χ1v) is 9.57. The lowest BCUT2D eigenvalue weighted by Gasteiger charge is -2.42. The summed E-state index contributed by atoms with van der Waals surface area (Å²) in [7, 11) is 1.21. The third-order valence-corrected chi connectivity index (χ3v) is 5.35. The Morgan fingerprint density at radius 3 is 2.48 bits per heavy atom. The molecule has 0 unspecified atom stereocenters. The van der Waals surface area contributed by atoms with Crippen LogP contribution in [0, 0.1) is 5.92 Å². The molecule has 29 heavy (non-hydrogen) atoms. The highest BCUT2D eigenvalue weighted by Crippen LogP contribution is 2.38. The van der Waals surface area contributed by atoms with E-state index >= 15 is 0 Å². The van der Waals surface area contributed by atoms with Crippen molar-refractivity contribution in [2.24, 2.45) is 5.92 Å². The summed E-state index contributed by atoms with van der Waals surface area (Å²) >= 11 is 0. The zero-order valence-electron chi connectivity index (χ0n) is 16.8. The quantitative estimate of drug-likeness (QED) is 0.521. The fraction of sp³-hybridized carbons (Fsp3) is 0.579. The van der Waals surface area contributed by atoms with Crippen LogP contribution in [0.4, 0.5) is 4.79 Å². The van der Waals surface area contributed by atoms with Crippen molar-refractivity contribution in [3.05, 3.63) is 24.0 Å². The number of hydrogen-bond acceptors (Lipinski definition) is 7. The number of imide groups is 1. The van der Waals surface area contributed by atoms with Crippen LogP contribution in [0.15, 0.2) is 18.3 Å². The van der Waals surface area contributed by atoms with Gasteiger partial charge in [0.05, 0.1) is 7.11 Å². The second kappa shape index (κ2) is 8.14. The molecule has 0 bridgehead atoms. The SMILES string of the molecule is COC(=O)CN1C(=O)N(CC(C)C)C2(CCN(C(=O)c3cccnn3)CC2)C1=O. The van der Waals surface area contributed by atoms with E-state index < -0.39 is 30.0 Å². The van der Waals surface area contributed by atoms with Gasteiger partial charge in [-0.1, -0.05) is 13.8 Å². The number of carbonyl (C=O) groups is 4. The van der Waals surface area contributed by atoms with Gasteiger partial charge in [-0.2, -0.15) is 5.10 Å². The molecule has 0 N–H and O–H groups in total. The maximum absolute atomic E-state index is 13.2. The van der Waals surface area contributed by atoms with E-state index in [1.807, 2.05) is 13.8 Å². The number of esters is 1. The Morgan fingerprint density at radius 2 is 1.93 bits per heavy atom. The van der Waals surface area contributed by atoms with Crippen LogP contribution in [0.5, 0.6) is 0 Å². The summed E-state index contributed by atoms with van der Waals surface area (Å²) < 4.78 is 4.63. The summed E-state index contributed by atoms with van der Waals surface area (Å²) in [6, 6.07) is 2.75. The van der Waals surface area contributed by atoms with Crippen molar-refractivity contribution in [1.82, 2.24) is 24.9 Å². The Hall–Kier alpha value is -3.04. The molecule has 1 aromatic heterocycles. The van der Waals surface area contributed by atoms with Crippen LogP contribution in [0.1, 0.15) is 37.2 Å². The molecule has 1 spiro atoms. The summed E-state index contributed by atoms with van der Waals surface area (Å²) in [6.45, 7) is 4.50. The van der Waals surface area contributed by atoms with E-state index in [0.717, 1.165) is 4.90 Å². The number of amides is 4. The standard InChI is InChI=1S/C19H25N5O5/c1-13(2)11-24-18(28)23(12-15(25)29-3)17(27)19(24)6-9-22(10-7-19)16(26)14-5-4-8-20-21-14/h4-5,8,13H,6-7,9-12H2,1-3H3. The molecule has 10 nitrogen and oxygen atoms in total. The van der Waals surface area contributed by atoms with Crippen molar-refractivity contribution >= 4 is 23.8 Å². The van der Waals surface area contributed by atoms with Gasteiger partial charge in [-0.15, -0.1) is 5.10 Å². The molecule has 3 heterocycles. The van der Waals surface area contributed by atoms with Gasteiger partial charge in [-0.25, -0.2) is 4.79 Å². The minimum absolute atomic E-state index is 0.140. The number of ether oxygens (including phenoxy) is 1. The summed E-state index contributed by atoms with van der Waals surface area (Å²) in [6.07, 6.45) is 2.09. The third-order valence-electron chi connectivity index (χ3n) is 5.35. The lowest BCUT2D eigenvalue weighted by molar-refractivity contribution is -0.146. The number of carbonyl (C=O) groups excluding carboxylic acids is 4. The number of urea groups is 1. The molecular formula is C19H25N5O5. The molecule has 2 aliphatic rings. The number of rotatable bonds is 5. The second-order valence-corrected chi connectivity index (χ2v) is 7.69. The number of nitrogens with zero attached hydrogens (tertiary/aromatic N) is 5. The highest BCUT2D eigenvalue weighted by atomic mass is 16.5. The minimum atomic E-state index is -1.05. The summed E-state index contributed by atoms with van der Waals surface area (Å²) in [5, 5.41) is 7.57. The van der Waals surface area contributed by atoms with Gasteiger partial charge in [0.25, 0.3) is 11.8 Å². The zero-order chi connectivity index (χ0) is 21.2. The molecule has 2 fully saturated rings. The minimum Gasteiger partial charge on any atom is -0.468 e. The Bertz CT molecular complexity index is 804. The van der Waals surface area contributed by atoms with Crippen LogP contribution >= 0.6 is 0 Å². The molecule has 0 aromatic carbocycles. The predicted octanol–water partition coefficient (Wildman–Crippen LogP) is 0.545. The fourth-order valence-corrected chi connectivity index (χ4v) is 3.87. The van der Waals surface area contributed by atoms with Crippen LogP contribution in [0.25, 0.3) is 0 Å². The molecule has 156 valence electrons. The number of aromatic nitrogens is 2.